The van der Waals surface area contributed by atoms with E-state index in [4.69, 9.17) is 0 Å². The number of carbonyl (C=O) groups excluding carboxylic acids is 1. The lowest BCUT2D eigenvalue weighted by atomic mass is 10.0. The van der Waals surface area contributed by atoms with Gasteiger partial charge in [-0.25, -0.2) is 4.79 Å². The van der Waals surface area contributed by atoms with Crippen molar-refractivity contribution in [2.75, 3.05) is 5.32 Å². The monoisotopic (exact) mass is 393 g/mol. The van der Waals surface area contributed by atoms with Crippen molar-refractivity contribution >= 4 is 33.3 Å². The molecule has 0 bridgehead atoms. The van der Waals surface area contributed by atoms with Crippen LogP contribution in [0, 0.1) is 10.1 Å². The van der Waals surface area contributed by atoms with Gasteiger partial charge in [0.25, 0.3) is 5.69 Å². The largest absolute Gasteiger partial charge is 0.386 e. The van der Waals surface area contributed by atoms with Crippen LogP contribution >= 0.6 is 15.9 Å². The minimum absolute atomic E-state index is 0.0556. The molecule has 0 aliphatic heterocycles. The fraction of sp³-hybridized carbons (Fsp3) is 0.188. The number of urea groups is 1. The molecule has 2 aromatic carbocycles. The van der Waals surface area contributed by atoms with Crippen LogP contribution in [0.1, 0.15) is 18.6 Å². The minimum atomic E-state index is -0.860. The Morgan fingerprint density at radius 2 is 1.75 bits per heavy atom. The smallest absolute Gasteiger partial charge is 0.319 e. The van der Waals surface area contributed by atoms with E-state index in [2.05, 4.69) is 26.6 Å². The van der Waals surface area contributed by atoms with Crippen molar-refractivity contribution in [2.45, 2.75) is 19.1 Å². The van der Waals surface area contributed by atoms with Gasteiger partial charge in [-0.3, -0.25) is 10.1 Å². The molecular formula is C16H16BrN3O4. The molecule has 0 aliphatic carbocycles. The van der Waals surface area contributed by atoms with Crippen molar-refractivity contribution < 1.29 is 14.8 Å². The lowest BCUT2D eigenvalue weighted by Crippen LogP contribution is -2.39. The Bertz CT molecular complexity index is 719. The van der Waals surface area contributed by atoms with E-state index in [-0.39, 0.29) is 5.69 Å². The number of nitro benzene ring substituents is 1. The van der Waals surface area contributed by atoms with E-state index in [1.165, 1.54) is 24.3 Å². The minimum Gasteiger partial charge on any atom is -0.386 e. The number of halogens is 1. The Morgan fingerprint density at radius 1 is 1.17 bits per heavy atom. The normalized spacial score (nSPS) is 13.0. The molecule has 0 saturated heterocycles. The molecule has 0 heterocycles. The standard InChI is InChI=1S/C16H16BrN3O4/c1-10(15(21)11-2-4-12(17)5-3-11)18-16(22)19-13-6-8-14(9-7-13)20(23)24/h2-10,15,21H,1H3,(H2,18,19,22). The third-order valence-electron chi connectivity index (χ3n) is 3.38. The predicted octanol–water partition coefficient (Wildman–Crippen LogP) is 3.60. The molecule has 0 aromatic heterocycles. The van der Waals surface area contributed by atoms with Crippen molar-refractivity contribution in [3.63, 3.8) is 0 Å². The van der Waals surface area contributed by atoms with Gasteiger partial charge in [0.15, 0.2) is 0 Å². The Morgan fingerprint density at radius 3 is 2.29 bits per heavy atom. The van der Waals surface area contributed by atoms with Gasteiger partial charge in [0, 0.05) is 22.3 Å². The number of carbonyl (C=O) groups is 1. The molecule has 2 rings (SSSR count). The summed E-state index contributed by atoms with van der Waals surface area (Å²) in [6, 6.07) is 11.6. The summed E-state index contributed by atoms with van der Waals surface area (Å²) in [5, 5.41) is 26.0. The Balaban J connectivity index is 1.93. The first-order chi connectivity index (χ1) is 11.4. The molecule has 8 heteroatoms. The highest BCUT2D eigenvalue weighted by Crippen LogP contribution is 2.20. The fourth-order valence-corrected chi connectivity index (χ4v) is 2.33. The highest BCUT2D eigenvalue weighted by atomic mass is 79.9. The number of anilines is 1. The fourth-order valence-electron chi connectivity index (χ4n) is 2.07. The average Bonchev–Trinajstić information content (AvgIpc) is 2.55. The molecule has 0 fully saturated rings. The number of hydrogen-bond acceptors (Lipinski definition) is 4. The van der Waals surface area contributed by atoms with Gasteiger partial charge in [-0.1, -0.05) is 28.1 Å². The van der Waals surface area contributed by atoms with Crippen LogP contribution < -0.4 is 10.6 Å². The molecule has 2 amide bonds. The highest BCUT2D eigenvalue weighted by molar-refractivity contribution is 9.10. The molecule has 0 aliphatic rings. The number of hydrogen-bond donors (Lipinski definition) is 3. The van der Waals surface area contributed by atoms with Crippen LogP contribution in [0.2, 0.25) is 0 Å². The summed E-state index contributed by atoms with van der Waals surface area (Å²) in [6.45, 7) is 1.68. The van der Waals surface area contributed by atoms with E-state index < -0.39 is 23.1 Å². The summed E-state index contributed by atoms with van der Waals surface area (Å²) in [7, 11) is 0. The molecule has 24 heavy (non-hydrogen) atoms. The van der Waals surface area contributed by atoms with Crippen LogP contribution in [-0.4, -0.2) is 22.1 Å². The Labute approximate surface area is 147 Å². The second-order valence-corrected chi connectivity index (χ2v) is 6.10. The number of nitrogens with zero attached hydrogens (tertiary/aromatic N) is 1. The van der Waals surface area contributed by atoms with Crippen molar-refractivity contribution in [3.8, 4) is 0 Å². The molecule has 0 spiro atoms. The maximum absolute atomic E-state index is 12.0. The first-order valence-electron chi connectivity index (χ1n) is 7.12. The zero-order chi connectivity index (χ0) is 17.7. The van der Waals surface area contributed by atoms with Gasteiger partial charge < -0.3 is 15.7 Å². The van der Waals surface area contributed by atoms with E-state index in [0.29, 0.717) is 11.3 Å². The summed E-state index contributed by atoms with van der Waals surface area (Å²) in [5.74, 6) is 0. The van der Waals surface area contributed by atoms with Gasteiger partial charge >= 0.3 is 6.03 Å². The number of non-ortho nitro benzene ring substituents is 1. The predicted molar refractivity (Wildman–Crippen MR) is 93.8 cm³/mol. The molecule has 0 radical (unpaired) electrons. The van der Waals surface area contributed by atoms with E-state index in [1.807, 2.05) is 12.1 Å². The summed E-state index contributed by atoms with van der Waals surface area (Å²) in [5.41, 5.74) is 1.05. The topological polar surface area (TPSA) is 104 Å². The maximum atomic E-state index is 12.0. The third kappa shape index (κ3) is 4.77. The lowest BCUT2D eigenvalue weighted by Gasteiger charge is -2.21. The molecule has 2 aromatic rings. The zero-order valence-corrected chi connectivity index (χ0v) is 14.4. The molecule has 0 saturated carbocycles. The highest BCUT2D eigenvalue weighted by Gasteiger charge is 2.18. The molecular weight excluding hydrogens is 378 g/mol. The van der Waals surface area contributed by atoms with E-state index in [0.717, 1.165) is 4.47 Å². The van der Waals surface area contributed by atoms with Crippen LogP contribution in [0.5, 0.6) is 0 Å². The number of nitrogens with one attached hydrogen (secondary N) is 2. The van der Waals surface area contributed by atoms with E-state index >= 15 is 0 Å². The number of aliphatic hydroxyl groups is 1. The SMILES string of the molecule is CC(NC(=O)Nc1ccc([N+](=O)[O-])cc1)C(O)c1ccc(Br)cc1. The lowest BCUT2D eigenvalue weighted by molar-refractivity contribution is -0.384. The summed E-state index contributed by atoms with van der Waals surface area (Å²) in [6.07, 6.45) is -0.860. The van der Waals surface area contributed by atoms with Crippen molar-refractivity contribution in [1.82, 2.24) is 5.32 Å². The number of benzene rings is 2. The number of amides is 2. The van der Waals surface area contributed by atoms with Crippen LogP contribution in [0.4, 0.5) is 16.2 Å². The second-order valence-electron chi connectivity index (χ2n) is 5.19. The summed E-state index contributed by atoms with van der Waals surface area (Å²) in [4.78, 5) is 22.0. The van der Waals surface area contributed by atoms with Gasteiger partial charge in [0.1, 0.15) is 0 Å². The number of nitro groups is 1. The molecule has 2 unspecified atom stereocenters. The summed E-state index contributed by atoms with van der Waals surface area (Å²) >= 11 is 3.32. The van der Waals surface area contributed by atoms with Crippen LogP contribution in [0.3, 0.4) is 0 Å². The van der Waals surface area contributed by atoms with Gasteiger partial charge in [0.05, 0.1) is 17.1 Å². The molecule has 126 valence electrons. The Kier molecular flexibility index (Phi) is 5.88. The summed E-state index contributed by atoms with van der Waals surface area (Å²) < 4.78 is 0.898. The molecule has 2 atom stereocenters. The van der Waals surface area contributed by atoms with Crippen LogP contribution in [0.15, 0.2) is 53.0 Å². The maximum Gasteiger partial charge on any atom is 0.319 e. The molecule has 3 N–H and O–H groups in total. The van der Waals surface area contributed by atoms with Crippen molar-refractivity contribution in [2.24, 2.45) is 0 Å². The van der Waals surface area contributed by atoms with Crippen LogP contribution in [-0.2, 0) is 0 Å². The number of rotatable bonds is 5. The van der Waals surface area contributed by atoms with Gasteiger partial charge in [0.2, 0.25) is 0 Å². The third-order valence-corrected chi connectivity index (χ3v) is 3.91. The first-order valence-corrected chi connectivity index (χ1v) is 7.91. The van der Waals surface area contributed by atoms with E-state index in [9.17, 15) is 20.0 Å². The first kappa shape index (κ1) is 17.9. The van der Waals surface area contributed by atoms with Gasteiger partial charge in [-0.05, 0) is 36.8 Å². The average molecular weight is 394 g/mol. The van der Waals surface area contributed by atoms with Crippen molar-refractivity contribution in [3.05, 3.63) is 68.7 Å². The van der Waals surface area contributed by atoms with E-state index in [1.54, 1.807) is 19.1 Å². The zero-order valence-electron chi connectivity index (χ0n) is 12.8. The van der Waals surface area contributed by atoms with Crippen LogP contribution in [0.25, 0.3) is 0 Å². The quantitative estimate of drug-likeness (QED) is 0.532. The second kappa shape index (κ2) is 7.89. The van der Waals surface area contributed by atoms with Gasteiger partial charge in [-0.2, -0.15) is 0 Å². The number of aliphatic hydroxyl groups excluding tert-OH is 1. The van der Waals surface area contributed by atoms with Crippen molar-refractivity contribution in [1.29, 1.82) is 0 Å². The molecule has 7 nitrogen and oxygen atoms in total. The Hall–Kier alpha value is -2.45. The van der Waals surface area contributed by atoms with Gasteiger partial charge in [-0.15, -0.1) is 0 Å².